The first-order chi connectivity index (χ1) is 12.4. The van der Waals surface area contributed by atoms with Gasteiger partial charge in [0.1, 0.15) is 6.33 Å². The molecule has 8 heteroatoms. The highest BCUT2D eigenvalue weighted by Crippen LogP contribution is 2.50. The molecule has 1 aliphatic carbocycles. The summed E-state index contributed by atoms with van der Waals surface area (Å²) in [6.07, 6.45) is 6.71. The molecule has 144 valence electrons. The summed E-state index contributed by atoms with van der Waals surface area (Å²) in [5, 5.41) is 0. The molecule has 2 unspecified atom stereocenters. The van der Waals surface area contributed by atoms with Crippen molar-refractivity contribution < 1.29 is 13.2 Å². The lowest BCUT2D eigenvalue weighted by molar-refractivity contribution is 0.129. The van der Waals surface area contributed by atoms with Gasteiger partial charge in [0.2, 0.25) is 5.88 Å². The van der Waals surface area contributed by atoms with Crippen LogP contribution in [0.15, 0.2) is 6.33 Å². The first-order valence-electron chi connectivity index (χ1n) is 9.59. The van der Waals surface area contributed by atoms with E-state index < -0.39 is 10.2 Å². The zero-order valence-corrected chi connectivity index (χ0v) is 16.5. The Kier molecular flexibility index (Phi) is 4.69. The number of ether oxygens (including phenoxy) is 1. The molecule has 26 heavy (non-hydrogen) atoms. The maximum Gasteiger partial charge on any atom is 0.282 e. The van der Waals surface area contributed by atoms with Crippen molar-refractivity contribution in [2.24, 2.45) is 11.3 Å². The van der Waals surface area contributed by atoms with Crippen molar-refractivity contribution >= 4 is 10.2 Å². The molecule has 3 aliphatic rings. The molecule has 0 spiro atoms. The third-order valence-electron chi connectivity index (χ3n) is 6.51. The molecule has 1 aromatic rings. The summed E-state index contributed by atoms with van der Waals surface area (Å²) in [6, 6.07) is 0. The summed E-state index contributed by atoms with van der Waals surface area (Å²) >= 11 is 0. The summed E-state index contributed by atoms with van der Waals surface area (Å²) < 4.78 is 35.4. The van der Waals surface area contributed by atoms with Gasteiger partial charge in [-0.3, -0.25) is 0 Å². The average molecular weight is 381 g/mol. The monoisotopic (exact) mass is 380 g/mol. The SMILES string of the molecule is Cc1ncnc(OCC23CCCC2CN(S(=O)(=O)N2CCCC2)C3)c1C. The van der Waals surface area contributed by atoms with E-state index in [1.165, 1.54) is 6.33 Å². The zero-order chi connectivity index (χ0) is 18.4. The zero-order valence-electron chi connectivity index (χ0n) is 15.6. The van der Waals surface area contributed by atoms with Crippen LogP contribution in [0.25, 0.3) is 0 Å². The highest BCUT2D eigenvalue weighted by Gasteiger charge is 2.53. The van der Waals surface area contributed by atoms with Crippen LogP contribution >= 0.6 is 0 Å². The molecule has 0 aromatic carbocycles. The molecule has 3 heterocycles. The third kappa shape index (κ3) is 3.01. The van der Waals surface area contributed by atoms with Crippen molar-refractivity contribution in [3.63, 3.8) is 0 Å². The summed E-state index contributed by atoms with van der Waals surface area (Å²) in [5.74, 6) is 1.00. The van der Waals surface area contributed by atoms with E-state index in [0.717, 1.165) is 43.4 Å². The van der Waals surface area contributed by atoms with Crippen molar-refractivity contribution in [1.29, 1.82) is 0 Å². The van der Waals surface area contributed by atoms with E-state index in [0.29, 0.717) is 44.6 Å². The molecule has 2 atom stereocenters. The molecule has 1 saturated carbocycles. The topological polar surface area (TPSA) is 75.6 Å². The number of fused-ring (bicyclic) bond motifs is 1. The van der Waals surface area contributed by atoms with Crippen molar-refractivity contribution in [1.82, 2.24) is 18.6 Å². The quantitative estimate of drug-likeness (QED) is 0.780. The van der Waals surface area contributed by atoms with Gasteiger partial charge in [-0.25, -0.2) is 9.97 Å². The number of aromatic nitrogens is 2. The second-order valence-electron chi connectivity index (χ2n) is 8.04. The summed E-state index contributed by atoms with van der Waals surface area (Å²) in [5.41, 5.74) is 1.79. The molecular weight excluding hydrogens is 352 g/mol. The molecule has 7 nitrogen and oxygen atoms in total. The summed E-state index contributed by atoms with van der Waals surface area (Å²) in [6.45, 7) is 6.96. The van der Waals surface area contributed by atoms with Gasteiger partial charge in [-0.2, -0.15) is 17.0 Å². The Morgan fingerprint density at radius 1 is 1.19 bits per heavy atom. The molecule has 0 amide bonds. The van der Waals surface area contributed by atoms with Crippen LogP contribution in [0.2, 0.25) is 0 Å². The van der Waals surface area contributed by atoms with Gasteiger partial charge in [-0.15, -0.1) is 0 Å². The average Bonchev–Trinajstić information content (AvgIpc) is 3.31. The van der Waals surface area contributed by atoms with E-state index in [9.17, 15) is 8.42 Å². The Morgan fingerprint density at radius 2 is 1.96 bits per heavy atom. The fourth-order valence-electron chi connectivity index (χ4n) is 4.73. The molecule has 4 rings (SSSR count). The number of aryl methyl sites for hydroxylation is 1. The Bertz CT molecular complexity index is 779. The van der Waals surface area contributed by atoms with Crippen LogP contribution in [0.3, 0.4) is 0 Å². The lowest BCUT2D eigenvalue weighted by Crippen LogP contribution is -2.43. The molecule has 0 N–H and O–H groups in total. The van der Waals surface area contributed by atoms with Crippen LogP contribution < -0.4 is 4.74 Å². The highest BCUT2D eigenvalue weighted by atomic mass is 32.2. The Morgan fingerprint density at radius 3 is 2.73 bits per heavy atom. The Labute approximate surface area is 155 Å². The Hall–Kier alpha value is -1.25. The van der Waals surface area contributed by atoms with Gasteiger partial charge in [0.15, 0.2) is 0 Å². The minimum absolute atomic E-state index is 0.0852. The van der Waals surface area contributed by atoms with Crippen LogP contribution in [-0.2, 0) is 10.2 Å². The van der Waals surface area contributed by atoms with E-state index in [2.05, 4.69) is 9.97 Å². The minimum Gasteiger partial charge on any atom is -0.477 e. The molecular formula is C18H28N4O3S. The van der Waals surface area contributed by atoms with E-state index in [-0.39, 0.29) is 5.41 Å². The van der Waals surface area contributed by atoms with Gasteiger partial charge in [0, 0.05) is 42.9 Å². The lowest BCUT2D eigenvalue weighted by Gasteiger charge is -2.29. The molecule has 2 saturated heterocycles. The van der Waals surface area contributed by atoms with Crippen LogP contribution in [0, 0.1) is 25.2 Å². The van der Waals surface area contributed by atoms with Crippen molar-refractivity contribution in [2.75, 3.05) is 32.8 Å². The maximum absolute atomic E-state index is 13.0. The molecule has 0 bridgehead atoms. The third-order valence-corrected chi connectivity index (χ3v) is 8.46. The van der Waals surface area contributed by atoms with Crippen molar-refractivity contribution in [2.45, 2.75) is 46.0 Å². The number of hydrogen-bond donors (Lipinski definition) is 0. The van der Waals surface area contributed by atoms with E-state index in [1.807, 2.05) is 13.8 Å². The molecule has 2 aliphatic heterocycles. The van der Waals surface area contributed by atoms with Gasteiger partial charge < -0.3 is 4.74 Å². The largest absolute Gasteiger partial charge is 0.477 e. The van der Waals surface area contributed by atoms with Gasteiger partial charge in [0.25, 0.3) is 10.2 Å². The van der Waals surface area contributed by atoms with Crippen LogP contribution in [0.1, 0.15) is 43.4 Å². The number of nitrogens with zero attached hydrogens (tertiary/aromatic N) is 4. The minimum atomic E-state index is -3.33. The second-order valence-corrected chi connectivity index (χ2v) is 9.96. The van der Waals surface area contributed by atoms with Gasteiger partial charge >= 0.3 is 0 Å². The fourth-order valence-corrected chi connectivity index (χ4v) is 6.57. The Balaban J connectivity index is 1.50. The second kappa shape index (κ2) is 6.73. The number of rotatable bonds is 5. The molecule has 0 radical (unpaired) electrons. The highest BCUT2D eigenvalue weighted by molar-refractivity contribution is 7.86. The maximum atomic E-state index is 13.0. The lowest BCUT2D eigenvalue weighted by atomic mass is 9.82. The van der Waals surface area contributed by atoms with Crippen LogP contribution in [-0.4, -0.2) is 59.8 Å². The van der Waals surface area contributed by atoms with Gasteiger partial charge in [0.05, 0.1) is 6.61 Å². The van der Waals surface area contributed by atoms with Crippen molar-refractivity contribution in [3.05, 3.63) is 17.6 Å². The molecule has 1 aromatic heterocycles. The standard InChI is InChI=1S/C18H28N4O3S/c1-14-15(2)19-13-20-17(14)25-12-18-7-5-6-16(18)10-22(11-18)26(23,24)21-8-3-4-9-21/h13,16H,3-12H2,1-2H3. The summed E-state index contributed by atoms with van der Waals surface area (Å²) in [4.78, 5) is 8.46. The van der Waals surface area contributed by atoms with Gasteiger partial charge in [-0.05, 0) is 45.4 Å². The fraction of sp³-hybridized carbons (Fsp3) is 0.778. The van der Waals surface area contributed by atoms with Crippen molar-refractivity contribution in [3.8, 4) is 5.88 Å². The van der Waals surface area contributed by atoms with E-state index in [1.54, 1.807) is 8.61 Å². The predicted octanol–water partition coefficient (Wildman–Crippen LogP) is 1.91. The van der Waals surface area contributed by atoms with E-state index in [4.69, 9.17) is 4.74 Å². The van der Waals surface area contributed by atoms with Crippen LogP contribution in [0.4, 0.5) is 0 Å². The summed E-state index contributed by atoms with van der Waals surface area (Å²) in [7, 11) is -3.33. The number of hydrogen-bond acceptors (Lipinski definition) is 5. The normalized spacial score (nSPS) is 30.0. The smallest absolute Gasteiger partial charge is 0.282 e. The van der Waals surface area contributed by atoms with Crippen LogP contribution in [0.5, 0.6) is 5.88 Å². The predicted molar refractivity (Wildman–Crippen MR) is 98.1 cm³/mol. The molecule has 3 fully saturated rings. The van der Waals surface area contributed by atoms with E-state index >= 15 is 0 Å². The first-order valence-corrected chi connectivity index (χ1v) is 11.0. The van der Waals surface area contributed by atoms with Gasteiger partial charge in [-0.1, -0.05) is 6.42 Å². The first kappa shape index (κ1) is 18.1.